The summed E-state index contributed by atoms with van der Waals surface area (Å²) in [6, 6.07) is 3.51. The summed E-state index contributed by atoms with van der Waals surface area (Å²) >= 11 is 0. The van der Waals surface area contributed by atoms with Gasteiger partial charge in [-0.2, -0.15) is 10.1 Å². The van der Waals surface area contributed by atoms with Crippen LogP contribution in [0.2, 0.25) is 0 Å². The molecule has 1 atom stereocenters. The quantitative estimate of drug-likeness (QED) is 0.686. The predicted octanol–water partition coefficient (Wildman–Crippen LogP) is 2.09. The average molecular weight is 378 g/mol. The Balaban J connectivity index is 1.85. The van der Waals surface area contributed by atoms with Gasteiger partial charge in [0, 0.05) is 31.7 Å². The largest absolute Gasteiger partial charge is 0.340 e. The number of carbonyl (C=O) groups is 1. The zero-order chi connectivity index (χ0) is 19.8. The molecule has 0 aromatic carbocycles. The average Bonchev–Trinajstić information content (AvgIpc) is 3.20. The fourth-order valence-corrected chi connectivity index (χ4v) is 3.56. The fraction of sp³-hybridized carbons (Fsp3) is 0.368. The zero-order valence-electron chi connectivity index (χ0n) is 16.3. The smallest absolute Gasteiger partial charge is 0.249 e. The first kappa shape index (κ1) is 18.0. The topological polar surface area (TPSA) is 92.9 Å². The molecule has 1 aliphatic heterocycles. The van der Waals surface area contributed by atoms with Gasteiger partial charge in [-0.3, -0.25) is 9.36 Å². The molecule has 1 amide bonds. The second-order valence-corrected chi connectivity index (χ2v) is 6.93. The van der Waals surface area contributed by atoms with Crippen molar-refractivity contribution in [3.8, 4) is 17.5 Å². The van der Waals surface area contributed by atoms with Crippen LogP contribution in [0.15, 0.2) is 36.9 Å². The molecule has 4 heterocycles. The van der Waals surface area contributed by atoms with Crippen molar-refractivity contribution in [2.45, 2.75) is 39.3 Å². The van der Waals surface area contributed by atoms with Crippen LogP contribution in [-0.2, 0) is 4.79 Å². The number of likely N-dealkylation sites (N-methyl/N-ethyl adjacent to an activating group) is 1. The van der Waals surface area contributed by atoms with E-state index in [9.17, 15) is 4.79 Å². The van der Waals surface area contributed by atoms with E-state index in [1.165, 1.54) is 0 Å². The molecule has 0 spiro atoms. The number of hydrogen-bond acceptors (Lipinski definition) is 7. The first-order valence-electron chi connectivity index (χ1n) is 9.27. The molecule has 28 heavy (non-hydrogen) atoms. The molecule has 144 valence electrons. The van der Waals surface area contributed by atoms with Crippen LogP contribution in [0.1, 0.15) is 27.2 Å². The third kappa shape index (κ3) is 2.79. The van der Waals surface area contributed by atoms with Gasteiger partial charge in [-0.1, -0.05) is 6.92 Å². The number of anilines is 2. The Kier molecular flexibility index (Phi) is 4.50. The van der Waals surface area contributed by atoms with Gasteiger partial charge in [0.2, 0.25) is 11.9 Å². The normalized spacial score (nSPS) is 16.6. The van der Waals surface area contributed by atoms with E-state index in [1.807, 2.05) is 19.1 Å². The van der Waals surface area contributed by atoms with Gasteiger partial charge >= 0.3 is 0 Å². The molecule has 0 fully saturated rings. The number of carbonyl (C=O) groups excluding carboxylic acids is 1. The summed E-state index contributed by atoms with van der Waals surface area (Å²) in [4.78, 5) is 30.2. The predicted molar refractivity (Wildman–Crippen MR) is 105 cm³/mol. The van der Waals surface area contributed by atoms with Crippen molar-refractivity contribution in [1.82, 2.24) is 29.7 Å². The highest BCUT2D eigenvalue weighted by Gasteiger charge is 2.38. The minimum Gasteiger partial charge on any atom is -0.340 e. The van der Waals surface area contributed by atoms with Gasteiger partial charge in [0.15, 0.2) is 11.6 Å². The minimum atomic E-state index is -0.248. The van der Waals surface area contributed by atoms with Crippen molar-refractivity contribution in [3.05, 3.63) is 36.9 Å². The van der Waals surface area contributed by atoms with Crippen LogP contribution in [0.5, 0.6) is 0 Å². The molecule has 0 saturated carbocycles. The van der Waals surface area contributed by atoms with Crippen LogP contribution < -0.4 is 9.80 Å². The SMILES string of the molecule is CCC1C(=O)N(C)c2cnc(-n3ccnc3-c3cccnn3)nc2N1C(C)C. The number of imidazole rings is 1. The highest BCUT2D eigenvalue weighted by Crippen LogP contribution is 2.36. The van der Waals surface area contributed by atoms with Gasteiger partial charge in [0.05, 0.1) is 6.20 Å². The Morgan fingerprint density at radius 3 is 2.71 bits per heavy atom. The molecule has 1 unspecified atom stereocenters. The second kappa shape index (κ2) is 6.99. The standard InChI is InChI=1S/C19H22N8O/c1-5-14-18(28)25(4)15-11-21-19(23-17(15)27(14)12(2)3)26-10-9-20-16(26)13-7-6-8-22-24-13/h6-12,14H,5H2,1-4H3. The van der Waals surface area contributed by atoms with Crippen molar-refractivity contribution in [2.75, 3.05) is 16.8 Å². The summed E-state index contributed by atoms with van der Waals surface area (Å²) in [6.07, 6.45) is 7.48. The molecule has 0 bridgehead atoms. The molecular weight excluding hydrogens is 356 g/mol. The molecule has 9 nitrogen and oxygen atoms in total. The van der Waals surface area contributed by atoms with Crippen LogP contribution in [0.4, 0.5) is 11.5 Å². The second-order valence-electron chi connectivity index (χ2n) is 6.93. The molecule has 4 rings (SSSR count). The van der Waals surface area contributed by atoms with Gasteiger partial charge in [-0.15, -0.1) is 5.10 Å². The van der Waals surface area contributed by atoms with Crippen LogP contribution >= 0.6 is 0 Å². The molecule has 0 aliphatic carbocycles. The van der Waals surface area contributed by atoms with E-state index in [0.717, 1.165) is 5.82 Å². The van der Waals surface area contributed by atoms with Crippen LogP contribution in [-0.4, -0.2) is 54.8 Å². The van der Waals surface area contributed by atoms with Gasteiger partial charge in [0.1, 0.15) is 17.4 Å². The molecular formula is C19H22N8O. The van der Waals surface area contributed by atoms with Crippen LogP contribution in [0.25, 0.3) is 17.5 Å². The highest BCUT2D eigenvalue weighted by atomic mass is 16.2. The van der Waals surface area contributed by atoms with Crippen LogP contribution in [0.3, 0.4) is 0 Å². The number of rotatable bonds is 4. The number of hydrogen-bond donors (Lipinski definition) is 0. The number of fused-ring (bicyclic) bond motifs is 1. The molecule has 9 heteroatoms. The lowest BCUT2D eigenvalue weighted by Crippen LogP contribution is -2.55. The van der Waals surface area contributed by atoms with E-state index in [4.69, 9.17) is 4.98 Å². The summed E-state index contributed by atoms with van der Waals surface area (Å²) in [5.74, 6) is 1.88. The van der Waals surface area contributed by atoms with Crippen molar-refractivity contribution >= 4 is 17.4 Å². The van der Waals surface area contributed by atoms with E-state index < -0.39 is 0 Å². The number of aromatic nitrogens is 6. The number of amides is 1. The Morgan fingerprint density at radius 1 is 1.21 bits per heavy atom. The molecule has 0 radical (unpaired) electrons. The lowest BCUT2D eigenvalue weighted by molar-refractivity contribution is -0.120. The Morgan fingerprint density at radius 2 is 2.04 bits per heavy atom. The zero-order valence-corrected chi connectivity index (χ0v) is 16.3. The lowest BCUT2D eigenvalue weighted by atomic mass is 10.1. The van der Waals surface area contributed by atoms with E-state index >= 15 is 0 Å². The molecule has 0 N–H and O–H groups in total. The summed E-state index contributed by atoms with van der Waals surface area (Å²) in [6.45, 7) is 6.14. The summed E-state index contributed by atoms with van der Waals surface area (Å²) in [7, 11) is 1.77. The van der Waals surface area contributed by atoms with Gasteiger partial charge in [-0.25, -0.2) is 9.97 Å². The maximum Gasteiger partial charge on any atom is 0.249 e. The van der Waals surface area contributed by atoms with Crippen molar-refractivity contribution in [1.29, 1.82) is 0 Å². The summed E-state index contributed by atoms with van der Waals surface area (Å²) in [5.41, 5.74) is 1.33. The van der Waals surface area contributed by atoms with Gasteiger partial charge in [-0.05, 0) is 32.4 Å². The van der Waals surface area contributed by atoms with Gasteiger partial charge in [0.25, 0.3) is 0 Å². The number of nitrogens with zero attached hydrogens (tertiary/aromatic N) is 8. The highest BCUT2D eigenvalue weighted by molar-refractivity contribution is 6.04. The van der Waals surface area contributed by atoms with E-state index in [2.05, 4.69) is 38.9 Å². The lowest BCUT2D eigenvalue weighted by Gasteiger charge is -2.42. The molecule has 1 aliphatic rings. The first-order valence-corrected chi connectivity index (χ1v) is 9.27. The van der Waals surface area contributed by atoms with E-state index in [0.29, 0.717) is 29.6 Å². The van der Waals surface area contributed by atoms with Gasteiger partial charge < -0.3 is 9.80 Å². The summed E-state index contributed by atoms with van der Waals surface area (Å²) < 4.78 is 1.78. The Bertz CT molecular complexity index is 1000. The molecule has 0 saturated heterocycles. The summed E-state index contributed by atoms with van der Waals surface area (Å²) in [5, 5.41) is 8.06. The molecule has 3 aromatic rings. The van der Waals surface area contributed by atoms with E-state index in [-0.39, 0.29) is 18.0 Å². The first-order chi connectivity index (χ1) is 13.5. The fourth-order valence-electron chi connectivity index (χ4n) is 3.56. The molecule has 3 aromatic heterocycles. The van der Waals surface area contributed by atoms with E-state index in [1.54, 1.807) is 41.3 Å². The minimum absolute atomic E-state index is 0.0583. The third-order valence-corrected chi connectivity index (χ3v) is 4.90. The Hall–Kier alpha value is -3.36. The maximum atomic E-state index is 12.8. The monoisotopic (exact) mass is 378 g/mol. The maximum absolute atomic E-state index is 12.8. The third-order valence-electron chi connectivity index (χ3n) is 4.90. The van der Waals surface area contributed by atoms with Crippen molar-refractivity contribution in [2.24, 2.45) is 0 Å². The van der Waals surface area contributed by atoms with Crippen molar-refractivity contribution in [3.63, 3.8) is 0 Å². The Labute approximate surface area is 163 Å². The van der Waals surface area contributed by atoms with Crippen LogP contribution in [0, 0.1) is 0 Å². The van der Waals surface area contributed by atoms with Crippen molar-refractivity contribution < 1.29 is 4.79 Å².